The minimum absolute atomic E-state index is 0.00195. The highest BCUT2D eigenvalue weighted by atomic mass is 16.6. The van der Waals surface area contributed by atoms with Crippen molar-refractivity contribution in [2.24, 2.45) is 0 Å². The summed E-state index contributed by atoms with van der Waals surface area (Å²) in [5.74, 6) is -1.89. The van der Waals surface area contributed by atoms with E-state index in [0.29, 0.717) is 0 Å². The number of nitrogens with zero attached hydrogens (tertiary/aromatic N) is 1. The van der Waals surface area contributed by atoms with E-state index in [9.17, 15) is 19.7 Å². The molecule has 0 spiro atoms. The summed E-state index contributed by atoms with van der Waals surface area (Å²) in [7, 11) is 1.26. The number of carboxylic acids is 1. The van der Waals surface area contributed by atoms with Crippen molar-refractivity contribution in [1.82, 2.24) is 5.32 Å². The van der Waals surface area contributed by atoms with Gasteiger partial charge in [-0.05, 0) is 19.9 Å². The lowest BCUT2D eigenvalue weighted by atomic mass is 10.0. The van der Waals surface area contributed by atoms with E-state index in [2.05, 4.69) is 5.32 Å². The maximum absolute atomic E-state index is 12.0. The molecule has 0 saturated carbocycles. The number of non-ortho nitro benzene ring substituents is 1. The van der Waals surface area contributed by atoms with Gasteiger partial charge in [0.2, 0.25) is 0 Å². The normalized spacial score (nSPS) is 10.8. The van der Waals surface area contributed by atoms with E-state index >= 15 is 0 Å². The van der Waals surface area contributed by atoms with E-state index in [1.807, 2.05) is 0 Å². The number of nitro benzene ring substituents is 1. The molecule has 20 heavy (non-hydrogen) atoms. The standard InChI is InChI=1S/C12H14N2O6/c1-12(2,11(16)17)13-10(15)8-5-4-7(14(18)19)6-9(8)20-3/h4-6H,1-3H3,(H,13,15)(H,16,17). The lowest BCUT2D eigenvalue weighted by Gasteiger charge is -2.21. The number of carbonyl (C=O) groups excluding carboxylic acids is 1. The zero-order valence-electron chi connectivity index (χ0n) is 11.2. The third-order valence-electron chi connectivity index (χ3n) is 2.60. The lowest BCUT2D eigenvalue weighted by molar-refractivity contribution is -0.384. The van der Waals surface area contributed by atoms with Crippen LogP contribution >= 0.6 is 0 Å². The first-order valence-corrected chi connectivity index (χ1v) is 5.57. The van der Waals surface area contributed by atoms with Crippen molar-refractivity contribution < 1.29 is 24.4 Å². The van der Waals surface area contributed by atoms with E-state index in [0.717, 1.165) is 12.1 Å². The first-order chi connectivity index (χ1) is 9.19. The summed E-state index contributed by atoms with van der Waals surface area (Å²) < 4.78 is 4.92. The van der Waals surface area contributed by atoms with E-state index in [4.69, 9.17) is 9.84 Å². The Morgan fingerprint density at radius 3 is 2.45 bits per heavy atom. The Balaban J connectivity index is 3.11. The largest absolute Gasteiger partial charge is 0.496 e. The fourth-order valence-corrected chi connectivity index (χ4v) is 1.39. The topological polar surface area (TPSA) is 119 Å². The molecule has 1 aromatic rings. The molecule has 8 nitrogen and oxygen atoms in total. The van der Waals surface area contributed by atoms with Gasteiger partial charge in [0.25, 0.3) is 11.6 Å². The predicted molar refractivity (Wildman–Crippen MR) is 68.8 cm³/mol. The van der Waals surface area contributed by atoms with Crippen molar-refractivity contribution in [3.05, 3.63) is 33.9 Å². The Bertz CT molecular complexity index is 567. The maximum atomic E-state index is 12.0. The number of nitrogens with one attached hydrogen (secondary N) is 1. The first-order valence-electron chi connectivity index (χ1n) is 5.57. The summed E-state index contributed by atoms with van der Waals surface area (Å²) in [5, 5.41) is 21.9. The van der Waals surface area contributed by atoms with Gasteiger partial charge in [-0.2, -0.15) is 0 Å². The van der Waals surface area contributed by atoms with Crippen LogP contribution in [0, 0.1) is 10.1 Å². The van der Waals surface area contributed by atoms with Crippen LogP contribution in [-0.2, 0) is 4.79 Å². The van der Waals surface area contributed by atoms with Crippen LogP contribution in [0.5, 0.6) is 5.75 Å². The fraction of sp³-hybridized carbons (Fsp3) is 0.333. The van der Waals surface area contributed by atoms with Crippen LogP contribution in [0.2, 0.25) is 0 Å². The van der Waals surface area contributed by atoms with Gasteiger partial charge in [-0.15, -0.1) is 0 Å². The summed E-state index contributed by atoms with van der Waals surface area (Å²) in [6.07, 6.45) is 0. The van der Waals surface area contributed by atoms with Crippen LogP contribution in [0.15, 0.2) is 18.2 Å². The molecule has 0 unspecified atom stereocenters. The molecule has 0 fully saturated rings. The Morgan fingerprint density at radius 1 is 1.40 bits per heavy atom. The average Bonchev–Trinajstić information content (AvgIpc) is 2.36. The zero-order valence-corrected chi connectivity index (χ0v) is 11.2. The van der Waals surface area contributed by atoms with E-state index in [1.165, 1.54) is 27.0 Å². The van der Waals surface area contributed by atoms with Crippen molar-refractivity contribution in [2.45, 2.75) is 19.4 Å². The highest BCUT2D eigenvalue weighted by Gasteiger charge is 2.30. The van der Waals surface area contributed by atoms with Crippen LogP contribution in [-0.4, -0.2) is 34.6 Å². The Hall–Kier alpha value is -2.64. The number of aliphatic carboxylic acids is 1. The maximum Gasteiger partial charge on any atom is 0.328 e. The predicted octanol–water partition coefficient (Wildman–Crippen LogP) is 1.20. The monoisotopic (exact) mass is 282 g/mol. The molecular formula is C12H14N2O6. The Labute approximate surface area is 114 Å². The van der Waals surface area contributed by atoms with Crippen LogP contribution in [0.25, 0.3) is 0 Å². The molecule has 0 saturated heterocycles. The van der Waals surface area contributed by atoms with E-state index in [1.54, 1.807) is 0 Å². The molecule has 1 aromatic carbocycles. The molecule has 0 atom stereocenters. The molecular weight excluding hydrogens is 268 g/mol. The van der Waals surface area contributed by atoms with Crippen LogP contribution in [0.1, 0.15) is 24.2 Å². The molecule has 1 rings (SSSR count). The summed E-state index contributed by atoms with van der Waals surface area (Å²) >= 11 is 0. The lowest BCUT2D eigenvalue weighted by Crippen LogP contribution is -2.49. The molecule has 0 heterocycles. The first kappa shape index (κ1) is 15.4. The Kier molecular flexibility index (Phi) is 4.28. The number of benzene rings is 1. The van der Waals surface area contributed by atoms with Crippen LogP contribution < -0.4 is 10.1 Å². The minimum Gasteiger partial charge on any atom is -0.496 e. The van der Waals surface area contributed by atoms with Gasteiger partial charge in [0.15, 0.2) is 0 Å². The number of hydrogen-bond acceptors (Lipinski definition) is 5. The molecule has 8 heteroatoms. The van der Waals surface area contributed by atoms with Gasteiger partial charge < -0.3 is 15.2 Å². The molecule has 0 aromatic heterocycles. The van der Waals surface area contributed by atoms with Gasteiger partial charge in [0.05, 0.1) is 23.7 Å². The van der Waals surface area contributed by atoms with E-state index in [-0.39, 0.29) is 17.0 Å². The smallest absolute Gasteiger partial charge is 0.328 e. The second-order valence-corrected chi connectivity index (χ2v) is 4.53. The molecule has 108 valence electrons. The number of hydrogen-bond donors (Lipinski definition) is 2. The third-order valence-corrected chi connectivity index (χ3v) is 2.60. The quantitative estimate of drug-likeness (QED) is 0.618. The Morgan fingerprint density at radius 2 is 2.00 bits per heavy atom. The molecule has 0 bridgehead atoms. The summed E-state index contributed by atoms with van der Waals surface area (Å²) in [4.78, 5) is 33.0. The van der Waals surface area contributed by atoms with Crippen molar-refractivity contribution in [1.29, 1.82) is 0 Å². The molecule has 0 aliphatic carbocycles. The van der Waals surface area contributed by atoms with Gasteiger partial charge in [-0.1, -0.05) is 0 Å². The summed E-state index contributed by atoms with van der Waals surface area (Å²) in [6.45, 7) is 2.65. The average molecular weight is 282 g/mol. The molecule has 0 aliphatic heterocycles. The van der Waals surface area contributed by atoms with Crippen molar-refractivity contribution in [3.8, 4) is 5.75 Å². The van der Waals surface area contributed by atoms with Gasteiger partial charge in [0.1, 0.15) is 11.3 Å². The number of carbonyl (C=O) groups is 2. The number of methoxy groups -OCH3 is 1. The van der Waals surface area contributed by atoms with Gasteiger partial charge in [0, 0.05) is 6.07 Å². The third kappa shape index (κ3) is 3.22. The highest BCUT2D eigenvalue weighted by Crippen LogP contribution is 2.25. The summed E-state index contributed by atoms with van der Waals surface area (Å²) in [5.41, 5.74) is -1.67. The highest BCUT2D eigenvalue weighted by molar-refractivity contribution is 6.00. The second kappa shape index (κ2) is 5.55. The number of ether oxygens (including phenoxy) is 1. The SMILES string of the molecule is COc1cc([N+](=O)[O-])ccc1C(=O)NC(C)(C)C(=O)O. The minimum atomic E-state index is -1.47. The molecule has 0 radical (unpaired) electrons. The van der Waals surface area contributed by atoms with Gasteiger partial charge in [-0.25, -0.2) is 4.79 Å². The number of amides is 1. The molecule has 2 N–H and O–H groups in total. The number of carboxylic acid groups (broad SMARTS) is 1. The van der Waals surface area contributed by atoms with Crippen molar-refractivity contribution in [2.75, 3.05) is 7.11 Å². The molecule has 1 amide bonds. The van der Waals surface area contributed by atoms with Crippen molar-refractivity contribution >= 4 is 17.6 Å². The summed E-state index contributed by atoms with van der Waals surface area (Å²) in [6, 6.07) is 3.46. The second-order valence-electron chi connectivity index (χ2n) is 4.53. The zero-order chi connectivity index (χ0) is 15.5. The van der Waals surface area contributed by atoms with Crippen LogP contribution in [0.3, 0.4) is 0 Å². The number of nitro groups is 1. The van der Waals surface area contributed by atoms with E-state index < -0.39 is 22.3 Å². The van der Waals surface area contributed by atoms with Crippen LogP contribution in [0.4, 0.5) is 5.69 Å². The van der Waals surface area contributed by atoms with Gasteiger partial charge >= 0.3 is 5.97 Å². The van der Waals surface area contributed by atoms with Gasteiger partial charge in [-0.3, -0.25) is 14.9 Å². The fourth-order valence-electron chi connectivity index (χ4n) is 1.39. The molecule has 0 aliphatic rings. The van der Waals surface area contributed by atoms with Crippen molar-refractivity contribution in [3.63, 3.8) is 0 Å². The number of rotatable bonds is 5.